The van der Waals surface area contributed by atoms with Gasteiger partial charge in [0.25, 0.3) is 0 Å². The third-order valence-corrected chi connectivity index (χ3v) is 4.24. The maximum absolute atomic E-state index is 12.4. The van der Waals surface area contributed by atoms with Crippen molar-refractivity contribution < 1.29 is 39.6 Å². The van der Waals surface area contributed by atoms with E-state index in [0.29, 0.717) is 6.42 Å². The van der Waals surface area contributed by atoms with Crippen molar-refractivity contribution in [1.82, 2.24) is 16.0 Å². The first-order valence-electron chi connectivity index (χ1n) is 8.79. The number of carbonyl (C=O) groups excluding carboxylic acids is 3. The summed E-state index contributed by atoms with van der Waals surface area (Å²) in [5.74, 6) is -4.41. The molecule has 0 heterocycles. The number of carboxylic acid groups (broad SMARTS) is 1. The van der Waals surface area contributed by atoms with Crippen molar-refractivity contribution >= 4 is 23.7 Å². The Morgan fingerprint density at radius 2 is 1.39 bits per heavy atom. The molecule has 0 spiro atoms. The molecule has 162 valence electrons. The van der Waals surface area contributed by atoms with Crippen molar-refractivity contribution in [1.29, 1.82) is 0 Å². The molecule has 0 bridgehead atoms. The van der Waals surface area contributed by atoms with E-state index in [2.05, 4.69) is 10.6 Å². The maximum Gasteiger partial charge on any atom is 0.328 e. The topological polar surface area (TPSA) is 211 Å². The zero-order chi connectivity index (χ0) is 22.0. The molecule has 0 radical (unpaired) electrons. The summed E-state index contributed by atoms with van der Waals surface area (Å²) in [4.78, 5) is 47.4. The van der Waals surface area contributed by atoms with Gasteiger partial charge in [0.15, 0.2) is 0 Å². The molecule has 0 aliphatic heterocycles. The smallest absolute Gasteiger partial charge is 0.328 e. The highest BCUT2D eigenvalue weighted by atomic mass is 16.4. The molecule has 28 heavy (non-hydrogen) atoms. The summed E-state index contributed by atoms with van der Waals surface area (Å²) < 4.78 is 0. The zero-order valence-corrected chi connectivity index (χ0v) is 16.1. The minimum absolute atomic E-state index is 0.180. The average Bonchev–Trinajstić information content (AvgIpc) is 2.65. The van der Waals surface area contributed by atoms with E-state index in [9.17, 15) is 29.4 Å². The number of hydrogen-bond donors (Lipinski definition) is 8. The van der Waals surface area contributed by atoms with Crippen LogP contribution >= 0.6 is 0 Å². The average molecular weight is 406 g/mol. The van der Waals surface area contributed by atoms with Crippen LogP contribution in [0.4, 0.5) is 0 Å². The van der Waals surface area contributed by atoms with E-state index in [0.717, 1.165) is 0 Å². The van der Waals surface area contributed by atoms with E-state index < -0.39 is 67.2 Å². The normalized spacial score (nSPS) is 17.4. The minimum atomic E-state index is -1.63. The van der Waals surface area contributed by atoms with Crippen molar-refractivity contribution in [3.05, 3.63) is 0 Å². The van der Waals surface area contributed by atoms with Gasteiger partial charge in [-0.2, -0.15) is 0 Å². The second kappa shape index (κ2) is 12.2. The number of hydrogen-bond acceptors (Lipinski definition) is 8. The fourth-order valence-corrected chi connectivity index (χ4v) is 2.08. The molecule has 0 aromatic heterocycles. The van der Waals surface area contributed by atoms with E-state index >= 15 is 0 Å². The van der Waals surface area contributed by atoms with Gasteiger partial charge < -0.3 is 42.1 Å². The monoisotopic (exact) mass is 406 g/mol. The third kappa shape index (κ3) is 7.76. The molecule has 0 aromatic rings. The summed E-state index contributed by atoms with van der Waals surface area (Å²) in [6.07, 6.45) is -0.734. The van der Waals surface area contributed by atoms with Crippen molar-refractivity contribution in [2.45, 2.75) is 57.5 Å². The molecule has 6 unspecified atom stereocenters. The van der Waals surface area contributed by atoms with E-state index in [1.54, 1.807) is 6.92 Å². The van der Waals surface area contributed by atoms with Crippen LogP contribution in [0.2, 0.25) is 0 Å². The molecule has 9 N–H and O–H groups in total. The van der Waals surface area contributed by atoms with Gasteiger partial charge >= 0.3 is 5.97 Å². The van der Waals surface area contributed by atoms with Crippen LogP contribution < -0.4 is 21.7 Å². The largest absolute Gasteiger partial charge is 0.480 e. The van der Waals surface area contributed by atoms with Crippen LogP contribution in [0.5, 0.6) is 0 Å². The zero-order valence-electron chi connectivity index (χ0n) is 16.1. The fourth-order valence-electron chi connectivity index (χ4n) is 2.08. The van der Waals surface area contributed by atoms with Gasteiger partial charge in [0.1, 0.15) is 18.1 Å². The lowest BCUT2D eigenvalue weighted by molar-refractivity contribution is -0.143. The van der Waals surface area contributed by atoms with E-state index in [1.807, 2.05) is 12.2 Å². The van der Waals surface area contributed by atoms with Crippen LogP contribution in [-0.2, 0) is 19.2 Å². The first-order chi connectivity index (χ1) is 13.0. The summed E-state index contributed by atoms with van der Waals surface area (Å²) in [6.45, 7) is 3.03. The molecular formula is C16H30N4O8. The number of aliphatic carboxylic acids is 1. The highest BCUT2D eigenvalue weighted by Crippen LogP contribution is 2.06. The van der Waals surface area contributed by atoms with Crippen molar-refractivity contribution in [3.8, 4) is 0 Å². The first kappa shape index (κ1) is 25.7. The van der Waals surface area contributed by atoms with Crippen molar-refractivity contribution in [3.63, 3.8) is 0 Å². The predicted molar refractivity (Wildman–Crippen MR) is 96.7 cm³/mol. The standard InChI is InChI=1S/C16H30N4O8/c1-4-7(2)11(17)14(25)20-12(8(3)23)15(26)18-9(5-21)13(24)19-10(6-22)16(27)28/h7-12,21-23H,4-6,17H2,1-3H3,(H,18,26)(H,19,24)(H,20,25)(H,27,28). The van der Waals surface area contributed by atoms with Crippen LogP contribution in [-0.4, -0.2) is 87.6 Å². The van der Waals surface area contributed by atoms with E-state index in [-0.39, 0.29) is 5.92 Å². The number of amides is 3. The first-order valence-corrected chi connectivity index (χ1v) is 8.79. The van der Waals surface area contributed by atoms with Crippen molar-refractivity contribution in [2.75, 3.05) is 13.2 Å². The lowest BCUT2D eigenvalue weighted by Gasteiger charge is -2.26. The van der Waals surface area contributed by atoms with Gasteiger partial charge in [-0.15, -0.1) is 0 Å². The Morgan fingerprint density at radius 3 is 1.79 bits per heavy atom. The molecule has 0 aliphatic carbocycles. The van der Waals surface area contributed by atoms with Gasteiger partial charge in [-0.25, -0.2) is 4.79 Å². The van der Waals surface area contributed by atoms with Gasteiger partial charge in [0.05, 0.1) is 25.4 Å². The number of aliphatic hydroxyl groups excluding tert-OH is 3. The van der Waals surface area contributed by atoms with Crippen LogP contribution in [0.15, 0.2) is 0 Å². The molecule has 0 fully saturated rings. The Kier molecular flexibility index (Phi) is 11.2. The number of nitrogens with one attached hydrogen (secondary N) is 3. The highest BCUT2D eigenvalue weighted by molar-refractivity contribution is 5.94. The predicted octanol–water partition coefficient (Wildman–Crippen LogP) is -3.74. The molecule has 0 saturated heterocycles. The Bertz CT molecular complexity index is 557. The fraction of sp³-hybridized carbons (Fsp3) is 0.750. The lowest BCUT2D eigenvalue weighted by atomic mass is 9.98. The molecular weight excluding hydrogens is 376 g/mol. The number of nitrogens with two attached hydrogens (primary N) is 1. The lowest BCUT2D eigenvalue weighted by Crippen LogP contribution is -2.61. The Morgan fingerprint density at radius 1 is 0.893 bits per heavy atom. The van der Waals surface area contributed by atoms with Gasteiger partial charge in [-0.05, 0) is 12.8 Å². The summed E-state index contributed by atoms with van der Waals surface area (Å²) in [7, 11) is 0. The van der Waals surface area contributed by atoms with Gasteiger partial charge in [-0.1, -0.05) is 20.3 Å². The van der Waals surface area contributed by atoms with Gasteiger partial charge in [0.2, 0.25) is 17.7 Å². The van der Waals surface area contributed by atoms with Crippen LogP contribution in [0, 0.1) is 5.92 Å². The minimum Gasteiger partial charge on any atom is -0.480 e. The number of rotatable bonds is 12. The molecule has 12 heteroatoms. The summed E-state index contributed by atoms with van der Waals surface area (Å²) >= 11 is 0. The van der Waals surface area contributed by atoms with E-state index in [4.69, 9.17) is 15.9 Å². The third-order valence-electron chi connectivity index (χ3n) is 4.24. The summed E-state index contributed by atoms with van der Waals surface area (Å²) in [6, 6.07) is -5.57. The Labute approximate surface area is 162 Å². The highest BCUT2D eigenvalue weighted by Gasteiger charge is 2.32. The molecule has 6 atom stereocenters. The number of carboxylic acids is 1. The second-order valence-electron chi connectivity index (χ2n) is 6.46. The van der Waals surface area contributed by atoms with Crippen molar-refractivity contribution in [2.24, 2.45) is 11.7 Å². The van der Waals surface area contributed by atoms with Crippen LogP contribution in [0.25, 0.3) is 0 Å². The summed E-state index contributed by atoms with van der Waals surface area (Å²) in [5.41, 5.74) is 5.79. The number of carbonyl (C=O) groups is 4. The second-order valence-corrected chi connectivity index (χ2v) is 6.46. The number of aliphatic hydroxyl groups is 3. The quantitative estimate of drug-likeness (QED) is 0.160. The van der Waals surface area contributed by atoms with Crippen LogP contribution in [0.3, 0.4) is 0 Å². The Balaban J connectivity index is 5.12. The molecule has 0 rings (SSSR count). The van der Waals surface area contributed by atoms with Crippen LogP contribution in [0.1, 0.15) is 27.2 Å². The van der Waals surface area contributed by atoms with Gasteiger partial charge in [-0.3, -0.25) is 14.4 Å². The molecule has 12 nitrogen and oxygen atoms in total. The molecule has 0 aliphatic rings. The SMILES string of the molecule is CCC(C)C(N)C(=O)NC(C(=O)NC(CO)C(=O)NC(CO)C(=O)O)C(C)O. The Hall–Kier alpha value is -2.28. The summed E-state index contributed by atoms with van der Waals surface area (Å²) in [5, 5.41) is 43.2. The van der Waals surface area contributed by atoms with Gasteiger partial charge in [0, 0.05) is 0 Å². The van der Waals surface area contributed by atoms with E-state index in [1.165, 1.54) is 6.92 Å². The molecule has 3 amide bonds. The molecule has 0 aromatic carbocycles. The maximum atomic E-state index is 12.4. The molecule has 0 saturated carbocycles.